The zero-order chi connectivity index (χ0) is 14.4. The van der Waals surface area contributed by atoms with Crippen molar-refractivity contribution in [2.24, 2.45) is 0 Å². The molecule has 1 heteroatoms. The third-order valence-electron chi connectivity index (χ3n) is 3.72. The lowest BCUT2D eigenvalue weighted by molar-refractivity contribution is 0.714. The Morgan fingerprint density at radius 3 is 2.35 bits per heavy atom. The Balaban J connectivity index is 2.15. The van der Waals surface area contributed by atoms with E-state index in [4.69, 9.17) is 0 Å². The van der Waals surface area contributed by atoms with Gasteiger partial charge in [-0.3, -0.25) is 0 Å². The predicted molar refractivity (Wildman–Crippen MR) is 96.4 cm³/mol. The second-order valence-electron chi connectivity index (χ2n) is 5.53. The number of rotatable bonds is 6. The molecule has 0 saturated carbocycles. The first-order valence-electron chi connectivity index (χ1n) is 7.52. The van der Waals surface area contributed by atoms with Crippen molar-refractivity contribution >= 4 is 22.6 Å². The van der Waals surface area contributed by atoms with Gasteiger partial charge in [0.15, 0.2) is 0 Å². The molecule has 0 atom stereocenters. The number of aryl methyl sites for hydroxylation is 2. The van der Waals surface area contributed by atoms with Crippen LogP contribution in [0.3, 0.4) is 0 Å². The summed E-state index contributed by atoms with van der Waals surface area (Å²) in [6.45, 7) is 4.45. The first-order chi connectivity index (χ1) is 9.69. The van der Waals surface area contributed by atoms with Gasteiger partial charge < -0.3 is 0 Å². The van der Waals surface area contributed by atoms with Gasteiger partial charge in [0.25, 0.3) is 0 Å². The number of hydrogen-bond donors (Lipinski definition) is 0. The van der Waals surface area contributed by atoms with Gasteiger partial charge in [-0.15, -0.1) is 0 Å². The molecule has 0 aliphatic carbocycles. The number of halogens is 1. The number of unbranched alkanes of at least 4 members (excludes halogenated alkanes) is 2. The minimum atomic E-state index is 1.06. The fraction of sp³-hybridized carbons (Fsp3) is 0.368. The molecule has 20 heavy (non-hydrogen) atoms. The second kappa shape index (κ2) is 7.82. The molecular weight excluding hydrogens is 355 g/mol. The highest BCUT2D eigenvalue weighted by atomic mass is 127. The van der Waals surface area contributed by atoms with Crippen molar-refractivity contribution in [2.45, 2.75) is 46.0 Å². The Morgan fingerprint density at radius 2 is 1.65 bits per heavy atom. The van der Waals surface area contributed by atoms with Crippen LogP contribution in [-0.4, -0.2) is 0 Å². The smallest absolute Gasteiger partial charge is 0.0130 e. The van der Waals surface area contributed by atoms with E-state index in [1.807, 2.05) is 0 Å². The van der Waals surface area contributed by atoms with E-state index in [9.17, 15) is 0 Å². The second-order valence-corrected chi connectivity index (χ2v) is 6.78. The SMILES string of the molecule is CCCCCc1ccc(C)cc1Cc1ccc(I)cc1. The van der Waals surface area contributed by atoms with Crippen molar-refractivity contribution < 1.29 is 0 Å². The maximum Gasteiger partial charge on any atom is 0.0130 e. The van der Waals surface area contributed by atoms with E-state index in [2.05, 4.69) is 78.9 Å². The Bertz CT molecular complexity index is 540. The van der Waals surface area contributed by atoms with E-state index in [0.29, 0.717) is 0 Å². The van der Waals surface area contributed by atoms with E-state index >= 15 is 0 Å². The summed E-state index contributed by atoms with van der Waals surface area (Å²) in [6.07, 6.45) is 6.20. The molecule has 0 spiro atoms. The molecule has 2 rings (SSSR count). The van der Waals surface area contributed by atoms with Gasteiger partial charge in [-0.2, -0.15) is 0 Å². The lowest BCUT2D eigenvalue weighted by atomic mass is 9.94. The van der Waals surface area contributed by atoms with Gasteiger partial charge >= 0.3 is 0 Å². The van der Waals surface area contributed by atoms with Crippen LogP contribution in [0.2, 0.25) is 0 Å². The van der Waals surface area contributed by atoms with Crippen molar-refractivity contribution in [3.8, 4) is 0 Å². The third kappa shape index (κ3) is 4.62. The molecule has 0 N–H and O–H groups in total. The lowest BCUT2D eigenvalue weighted by Gasteiger charge is -2.11. The molecule has 0 fully saturated rings. The molecule has 106 valence electrons. The first kappa shape index (κ1) is 15.6. The molecule has 0 amide bonds. The molecule has 0 aliphatic rings. The largest absolute Gasteiger partial charge is 0.0654 e. The van der Waals surface area contributed by atoms with E-state index in [1.54, 1.807) is 0 Å². The fourth-order valence-electron chi connectivity index (χ4n) is 2.55. The topological polar surface area (TPSA) is 0 Å². The van der Waals surface area contributed by atoms with Crippen LogP contribution in [-0.2, 0) is 12.8 Å². The summed E-state index contributed by atoms with van der Waals surface area (Å²) >= 11 is 2.36. The van der Waals surface area contributed by atoms with Crippen LogP contribution in [0.15, 0.2) is 42.5 Å². The van der Waals surface area contributed by atoms with Crippen LogP contribution < -0.4 is 0 Å². The van der Waals surface area contributed by atoms with Gasteiger partial charge in [-0.05, 0) is 77.6 Å². The zero-order valence-electron chi connectivity index (χ0n) is 12.5. The van der Waals surface area contributed by atoms with Crippen molar-refractivity contribution in [2.75, 3.05) is 0 Å². The molecule has 2 aromatic rings. The Morgan fingerprint density at radius 1 is 0.900 bits per heavy atom. The third-order valence-corrected chi connectivity index (χ3v) is 4.44. The predicted octanol–water partition coefficient (Wildman–Crippen LogP) is 5.92. The van der Waals surface area contributed by atoms with Gasteiger partial charge in [-0.1, -0.05) is 55.7 Å². The minimum Gasteiger partial charge on any atom is -0.0654 e. The van der Waals surface area contributed by atoms with Crippen molar-refractivity contribution in [1.29, 1.82) is 0 Å². The van der Waals surface area contributed by atoms with Crippen molar-refractivity contribution in [1.82, 2.24) is 0 Å². The lowest BCUT2D eigenvalue weighted by Crippen LogP contribution is -1.97. The maximum atomic E-state index is 2.36. The van der Waals surface area contributed by atoms with Gasteiger partial charge in [0.2, 0.25) is 0 Å². The molecule has 0 bridgehead atoms. The Kier molecular flexibility index (Phi) is 6.08. The molecule has 0 radical (unpaired) electrons. The summed E-state index contributed by atoms with van der Waals surface area (Å²) in [6, 6.07) is 15.8. The summed E-state index contributed by atoms with van der Waals surface area (Å²) in [4.78, 5) is 0. The maximum absolute atomic E-state index is 2.36. The van der Waals surface area contributed by atoms with Gasteiger partial charge in [0.1, 0.15) is 0 Å². The number of benzene rings is 2. The van der Waals surface area contributed by atoms with Gasteiger partial charge in [0, 0.05) is 3.57 Å². The van der Waals surface area contributed by atoms with E-state index < -0.39 is 0 Å². The molecule has 2 aromatic carbocycles. The summed E-state index contributed by atoms with van der Waals surface area (Å²) in [5, 5.41) is 0. The molecule has 0 aromatic heterocycles. The quantitative estimate of drug-likeness (QED) is 0.432. The van der Waals surface area contributed by atoms with Crippen LogP contribution in [0.5, 0.6) is 0 Å². The van der Waals surface area contributed by atoms with Crippen LogP contribution in [0, 0.1) is 10.5 Å². The first-order valence-corrected chi connectivity index (χ1v) is 8.59. The molecule has 0 saturated heterocycles. The van der Waals surface area contributed by atoms with Crippen LogP contribution >= 0.6 is 22.6 Å². The van der Waals surface area contributed by atoms with Crippen molar-refractivity contribution in [3.63, 3.8) is 0 Å². The van der Waals surface area contributed by atoms with Crippen LogP contribution in [0.4, 0.5) is 0 Å². The molecule has 0 heterocycles. The Labute approximate surface area is 136 Å². The molecular formula is C19H23I. The highest BCUT2D eigenvalue weighted by Crippen LogP contribution is 2.19. The van der Waals surface area contributed by atoms with E-state index in [0.717, 1.165) is 6.42 Å². The summed E-state index contributed by atoms with van der Waals surface area (Å²) in [5.74, 6) is 0. The van der Waals surface area contributed by atoms with Gasteiger partial charge in [0.05, 0.1) is 0 Å². The van der Waals surface area contributed by atoms with Gasteiger partial charge in [-0.25, -0.2) is 0 Å². The molecule has 0 unspecified atom stereocenters. The molecule has 0 nitrogen and oxygen atoms in total. The number of hydrogen-bond acceptors (Lipinski definition) is 0. The highest BCUT2D eigenvalue weighted by molar-refractivity contribution is 14.1. The van der Waals surface area contributed by atoms with Crippen LogP contribution in [0.1, 0.15) is 48.4 Å². The summed E-state index contributed by atoms with van der Waals surface area (Å²) in [5.41, 5.74) is 5.81. The monoisotopic (exact) mass is 378 g/mol. The average Bonchev–Trinajstić information content (AvgIpc) is 2.44. The fourth-order valence-corrected chi connectivity index (χ4v) is 2.91. The van der Waals surface area contributed by atoms with E-state index in [1.165, 1.54) is 51.5 Å². The normalized spacial score (nSPS) is 10.8. The summed E-state index contributed by atoms with van der Waals surface area (Å²) in [7, 11) is 0. The standard InChI is InChI=1S/C19H23I/c1-3-4-5-6-17-10-7-15(2)13-18(17)14-16-8-11-19(20)12-9-16/h7-13H,3-6,14H2,1-2H3. The zero-order valence-corrected chi connectivity index (χ0v) is 14.6. The summed E-state index contributed by atoms with van der Waals surface area (Å²) < 4.78 is 1.30. The average molecular weight is 378 g/mol. The van der Waals surface area contributed by atoms with E-state index in [-0.39, 0.29) is 0 Å². The molecule has 0 aliphatic heterocycles. The van der Waals surface area contributed by atoms with Crippen molar-refractivity contribution in [3.05, 3.63) is 68.3 Å². The van der Waals surface area contributed by atoms with Crippen LogP contribution in [0.25, 0.3) is 0 Å². The minimum absolute atomic E-state index is 1.06. The highest BCUT2D eigenvalue weighted by Gasteiger charge is 2.04. The Hall–Kier alpha value is -0.830.